The molecule has 14 heavy (non-hydrogen) atoms. The van der Waals surface area contributed by atoms with Crippen LogP contribution in [0, 0.1) is 0 Å². The predicted octanol–water partition coefficient (Wildman–Crippen LogP) is 1.71. The van der Waals surface area contributed by atoms with E-state index in [9.17, 15) is 0 Å². The summed E-state index contributed by atoms with van der Waals surface area (Å²) in [6, 6.07) is 2.15. The van der Waals surface area contributed by atoms with Gasteiger partial charge < -0.3 is 9.88 Å². The van der Waals surface area contributed by atoms with Crippen molar-refractivity contribution >= 4 is 11.3 Å². The molecule has 3 nitrogen and oxygen atoms in total. The van der Waals surface area contributed by atoms with E-state index in [0.717, 1.165) is 25.5 Å². The lowest BCUT2D eigenvalue weighted by Gasteiger charge is -2.17. The highest BCUT2D eigenvalue weighted by Crippen LogP contribution is 2.23. The summed E-state index contributed by atoms with van der Waals surface area (Å²) in [7, 11) is 0. The molecule has 0 saturated heterocycles. The van der Waals surface area contributed by atoms with Crippen molar-refractivity contribution in [2.75, 3.05) is 6.54 Å². The van der Waals surface area contributed by atoms with Gasteiger partial charge in [-0.1, -0.05) is 0 Å². The van der Waals surface area contributed by atoms with E-state index in [0.29, 0.717) is 0 Å². The minimum Gasteiger partial charge on any atom is -0.326 e. The molecular weight excluding hydrogens is 194 g/mol. The Morgan fingerprint density at radius 1 is 1.50 bits per heavy atom. The second-order valence-electron chi connectivity index (χ2n) is 3.40. The number of hydrogen-bond acceptors (Lipinski definition) is 3. The number of hydrogen-bond donors (Lipinski definition) is 1. The third kappa shape index (κ3) is 1.19. The van der Waals surface area contributed by atoms with Crippen LogP contribution in [0.25, 0.3) is 11.3 Å². The van der Waals surface area contributed by atoms with Crippen molar-refractivity contribution < 1.29 is 0 Å². The topological polar surface area (TPSA) is 29.9 Å². The monoisotopic (exact) mass is 205 g/mol. The van der Waals surface area contributed by atoms with E-state index in [1.807, 2.05) is 6.20 Å². The van der Waals surface area contributed by atoms with Gasteiger partial charge in [-0.3, -0.25) is 0 Å². The van der Waals surface area contributed by atoms with Gasteiger partial charge >= 0.3 is 0 Å². The number of rotatable bonds is 1. The summed E-state index contributed by atoms with van der Waals surface area (Å²) in [5.74, 6) is 1.15. The Hall–Kier alpha value is -1.13. The Bertz CT molecular complexity index is 430. The van der Waals surface area contributed by atoms with Crippen molar-refractivity contribution in [3.05, 3.63) is 28.8 Å². The molecule has 4 heteroatoms. The van der Waals surface area contributed by atoms with Crippen LogP contribution in [0.3, 0.4) is 0 Å². The molecule has 0 radical (unpaired) electrons. The fourth-order valence-electron chi connectivity index (χ4n) is 1.84. The van der Waals surface area contributed by atoms with Crippen molar-refractivity contribution in [1.82, 2.24) is 14.9 Å². The highest BCUT2D eigenvalue weighted by molar-refractivity contribution is 7.08. The van der Waals surface area contributed by atoms with Gasteiger partial charge in [-0.25, -0.2) is 4.98 Å². The maximum atomic E-state index is 4.42. The molecule has 1 aliphatic heterocycles. The molecule has 0 amide bonds. The molecule has 72 valence electrons. The van der Waals surface area contributed by atoms with Crippen molar-refractivity contribution in [3.63, 3.8) is 0 Å². The van der Waals surface area contributed by atoms with E-state index in [4.69, 9.17) is 0 Å². The van der Waals surface area contributed by atoms with Crippen molar-refractivity contribution in [3.8, 4) is 11.3 Å². The molecular formula is C10H11N3S. The van der Waals surface area contributed by atoms with Crippen LogP contribution < -0.4 is 5.32 Å². The quantitative estimate of drug-likeness (QED) is 0.768. The maximum Gasteiger partial charge on any atom is 0.123 e. The molecule has 3 rings (SSSR count). The van der Waals surface area contributed by atoms with Gasteiger partial charge in [-0.2, -0.15) is 11.3 Å². The van der Waals surface area contributed by atoms with Crippen LogP contribution in [0.1, 0.15) is 5.82 Å². The van der Waals surface area contributed by atoms with Crippen LogP contribution >= 0.6 is 11.3 Å². The molecule has 1 N–H and O–H groups in total. The van der Waals surface area contributed by atoms with Crippen LogP contribution in [0.2, 0.25) is 0 Å². The Morgan fingerprint density at radius 2 is 2.50 bits per heavy atom. The number of aromatic nitrogens is 2. The zero-order valence-electron chi connectivity index (χ0n) is 7.73. The van der Waals surface area contributed by atoms with Crippen molar-refractivity contribution in [2.24, 2.45) is 0 Å². The van der Waals surface area contributed by atoms with E-state index in [2.05, 4.69) is 31.7 Å². The van der Waals surface area contributed by atoms with Crippen molar-refractivity contribution in [2.45, 2.75) is 13.1 Å². The third-order valence-electron chi connectivity index (χ3n) is 2.55. The molecule has 3 heterocycles. The van der Waals surface area contributed by atoms with Crippen molar-refractivity contribution in [1.29, 1.82) is 0 Å². The van der Waals surface area contributed by atoms with Crippen LogP contribution in [0.5, 0.6) is 0 Å². The zero-order valence-corrected chi connectivity index (χ0v) is 8.55. The number of thiophene rings is 1. The van der Waals surface area contributed by atoms with Gasteiger partial charge in [0.25, 0.3) is 0 Å². The van der Waals surface area contributed by atoms with Crippen LogP contribution in [0.15, 0.2) is 23.0 Å². The molecule has 0 unspecified atom stereocenters. The molecule has 0 spiro atoms. The highest BCUT2D eigenvalue weighted by Gasteiger charge is 2.14. The molecule has 0 fully saturated rings. The van der Waals surface area contributed by atoms with Gasteiger partial charge in [0.1, 0.15) is 5.82 Å². The number of imidazole rings is 1. The van der Waals surface area contributed by atoms with Gasteiger partial charge in [0.15, 0.2) is 0 Å². The molecule has 0 aliphatic carbocycles. The fourth-order valence-corrected chi connectivity index (χ4v) is 2.49. The first-order valence-electron chi connectivity index (χ1n) is 4.73. The Kier molecular flexibility index (Phi) is 1.89. The lowest BCUT2D eigenvalue weighted by molar-refractivity contribution is 0.508. The van der Waals surface area contributed by atoms with E-state index >= 15 is 0 Å². The molecule has 0 atom stereocenters. The largest absolute Gasteiger partial charge is 0.326 e. The lowest BCUT2D eigenvalue weighted by Crippen LogP contribution is -2.28. The van der Waals surface area contributed by atoms with E-state index in [1.54, 1.807) is 11.3 Å². The second kappa shape index (κ2) is 3.22. The van der Waals surface area contributed by atoms with Gasteiger partial charge in [-0.15, -0.1) is 0 Å². The molecule has 0 aromatic carbocycles. The first kappa shape index (κ1) is 8.20. The van der Waals surface area contributed by atoms with E-state index in [1.165, 1.54) is 11.3 Å². The van der Waals surface area contributed by atoms with Crippen LogP contribution in [-0.2, 0) is 13.1 Å². The Labute approximate surface area is 86.4 Å². The second-order valence-corrected chi connectivity index (χ2v) is 4.18. The predicted molar refractivity (Wildman–Crippen MR) is 57.2 cm³/mol. The first-order chi connectivity index (χ1) is 6.95. The summed E-state index contributed by atoms with van der Waals surface area (Å²) in [6.07, 6.45) is 1.98. The summed E-state index contributed by atoms with van der Waals surface area (Å²) >= 11 is 1.73. The summed E-state index contributed by atoms with van der Waals surface area (Å²) in [4.78, 5) is 4.42. The van der Waals surface area contributed by atoms with Gasteiger partial charge in [0.05, 0.1) is 18.4 Å². The highest BCUT2D eigenvalue weighted by atomic mass is 32.1. The third-order valence-corrected chi connectivity index (χ3v) is 3.23. The van der Waals surface area contributed by atoms with E-state index < -0.39 is 0 Å². The number of nitrogens with one attached hydrogen (secondary N) is 1. The molecule has 0 bridgehead atoms. The van der Waals surface area contributed by atoms with E-state index in [-0.39, 0.29) is 0 Å². The van der Waals surface area contributed by atoms with Gasteiger partial charge in [-0.05, 0) is 11.4 Å². The van der Waals surface area contributed by atoms with Gasteiger partial charge in [0, 0.05) is 24.0 Å². The summed E-state index contributed by atoms with van der Waals surface area (Å²) < 4.78 is 2.30. The number of fused-ring (bicyclic) bond motifs is 1. The SMILES string of the molecule is c1cc(-c2cnc3n2CCNC3)cs1. The smallest absolute Gasteiger partial charge is 0.123 e. The number of nitrogens with zero attached hydrogens (tertiary/aromatic N) is 2. The standard InChI is InChI=1S/C10H11N3S/c1-4-14-7-8(1)9-5-12-10-6-11-2-3-13(9)10/h1,4-5,7,11H,2-3,6H2. The van der Waals surface area contributed by atoms with Gasteiger partial charge in [0.2, 0.25) is 0 Å². The minimum absolute atomic E-state index is 0.893. The summed E-state index contributed by atoms with van der Waals surface area (Å²) in [5.41, 5.74) is 2.54. The molecule has 1 aliphatic rings. The maximum absolute atomic E-state index is 4.42. The molecule has 2 aromatic rings. The lowest BCUT2D eigenvalue weighted by atomic mass is 10.2. The minimum atomic E-state index is 0.893. The molecule has 0 saturated carbocycles. The fraction of sp³-hybridized carbons (Fsp3) is 0.300. The van der Waals surface area contributed by atoms with Crippen LogP contribution in [-0.4, -0.2) is 16.1 Å². The Morgan fingerprint density at radius 3 is 3.36 bits per heavy atom. The average molecular weight is 205 g/mol. The normalized spacial score (nSPS) is 15.4. The average Bonchev–Trinajstić information content (AvgIpc) is 2.85. The Balaban J connectivity index is 2.11. The summed E-state index contributed by atoms with van der Waals surface area (Å²) in [5, 5.41) is 7.60. The molecule has 2 aromatic heterocycles. The first-order valence-corrected chi connectivity index (χ1v) is 5.67. The zero-order chi connectivity index (χ0) is 9.38. The van der Waals surface area contributed by atoms with Crippen LogP contribution in [0.4, 0.5) is 0 Å². The summed E-state index contributed by atoms with van der Waals surface area (Å²) in [6.45, 7) is 2.96.